The molecule has 6 heteroatoms. The SMILES string of the molecule is CCCCCCCCOc1ccccc1[I+]c1ccccc1.Cc1ccc(S(=O)(=O)[O-])cc1. The van der Waals surface area contributed by atoms with Gasteiger partial charge in [-0.25, -0.2) is 8.42 Å². The number of halogens is 1. The van der Waals surface area contributed by atoms with Gasteiger partial charge in [-0.3, -0.25) is 0 Å². The summed E-state index contributed by atoms with van der Waals surface area (Å²) in [5.74, 6) is 1.09. The Labute approximate surface area is 209 Å². The molecule has 4 nitrogen and oxygen atoms in total. The third-order valence-electron chi connectivity index (χ3n) is 4.85. The van der Waals surface area contributed by atoms with Gasteiger partial charge in [0, 0.05) is 0 Å². The Morgan fingerprint density at radius 2 is 1.39 bits per heavy atom. The molecule has 3 aromatic rings. The molecule has 0 unspecified atom stereocenters. The van der Waals surface area contributed by atoms with E-state index in [0.717, 1.165) is 17.9 Å². The van der Waals surface area contributed by atoms with Gasteiger partial charge in [0.05, 0.1) is 11.5 Å². The molecular formula is C27H33IO4S. The first-order valence-corrected chi connectivity index (χ1v) is 14.9. The van der Waals surface area contributed by atoms with Gasteiger partial charge >= 0.3 is 21.2 Å². The molecule has 0 bridgehead atoms. The zero-order valence-electron chi connectivity index (χ0n) is 19.4. The molecule has 0 fully saturated rings. The maximum Gasteiger partial charge on any atom is 0.362 e. The molecule has 0 heterocycles. The highest BCUT2D eigenvalue weighted by atomic mass is 127. The normalized spacial score (nSPS) is 10.9. The van der Waals surface area contributed by atoms with Gasteiger partial charge in [0.25, 0.3) is 0 Å². The van der Waals surface area contributed by atoms with Crippen LogP contribution in [0.4, 0.5) is 0 Å². The molecule has 0 atom stereocenters. The quantitative estimate of drug-likeness (QED) is 0.198. The highest BCUT2D eigenvalue weighted by Gasteiger charge is 2.20. The van der Waals surface area contributed by atoms with Gasteiger partial charge < -0.3 is 9.29 Å². The highest BCUT2D eigenvalue weighted by Crippen LogP contribution is 2.11. The maximum absolute atomic E-state index is 10.4. The molecule has 0 N–H and O–H groups in total. The van der Waals surface area contributed by atoms with Crippen molar-refractivity contribution in [2.75, 3.05) is 6.61 Å². The van der Waals surface area contributed by atoms with Crippen LogP contribution in [0.1, 0.15) is 51.0 Å². The lowest BCUT2D eigenvalue weighted by Crippen LogP contribution is -3.61. The van der Waals surface area contributed by atoms with E-state index in [1.807, 2.05) is 6.92 Å². The molecule has 0 amide bonds. The Balaban J connectivity index is 0.000000294. The fraction of sp³-hybridized carbons (Fsp3) is 0.333. The summed E-state index contributed by atoms with van der Waals surface area (Å²) in [5.41, 5.74) is 0.928. The highest BCUT2D eigenvalue weighted by molar-refractivity contribution is 7.85. The van der Waals surface area contributed by atoms with Gasteiger partial charge in [-0.15, -0.1) is 0 Å². The number of benzene rings is 3. The second-order valence-electron chi connectivity index (χ2n) is 7.70. The number of aryl methyl sites for hydroxylation is 1. The molecule has 3 aromatic carbocycles. The van der Waals surface area contributed by atoms with Crippen LogP contribution in [-0.4, -0.2) is 19.6 Å². The Hall–Kier alpha value is -1.90. The van der Waals surface area contributed by atoms with Crippen molar-refractivity contribution in [3.05, 3.63) is 91.6 Å². The molecule has 3 rings (SSSR count). The third-order valence-corrected chi connectivity index (χ3v) is 8.51. The second kappa shape index (κ2) is 15.1. The smallest absolute Gasteiger partial charge is 0.362 e. The van der Waals surface area contributed by atoms with Gasteiger partial charge in [0.15, 0.2) is 9.32 Å². The minimum absolute atomic E-state index is 0.152. The Morgan fingerprint density at radius 1 is 0.788 bits per heavy atom. The van der Waals surface area contributed by atoms with Crippen molar-refractivity contribution in [3.63, 3.8) is 0 Å². The molecule has 0 saturated heterocycles. The van der Waals surface area contributed by atoms with Crippen molar-refractivity contribution >= 4 is 10.1 Å². The Kier molecular flexibility index (Phi) is 12.5. The molecule has 178 valence electrons. The summed E-state index contributed by atoms with van der Waals surface area (Å²) in [5, 5.41) is 0. The first kappa shape index (κ1) is 27.3. The van der Waals surface area contributed by atoms with Gasteiger partial charge in [0.1, 0.15) is 10.1 Å². The van der Waals surface area contributed by atoms with Crippen LogP contribution in [0, 0.1) is 14.1 Å². The molecule has 0 aliphatic rings. The molecule has 0 aliphatic heterocycles. The molecule has 0 spiro atoms. The van der Waals surface area contributed by atoms with Crippen molar-refractivity contribution in [2.24, 2.45) is 0 Å². The average molecular weight is 581 g/mol. The lowest BCUT2D eigenvalue weighted by atomic mass is 10.1. The summed E-state index contributed by atoms with van der Waals surface area (Å²) < 4.78 is 40.0. The molecular weight excluding hydrogens is 547 g/mol. The number of para-hydroxylation sites is 1. The largest absolute Gasteiger partial charge is 0.744 e. The predicted molar refractivity (Wildman–Crippen MR) is 128 cm³/mol. The summed E-state index contributed by atoms with van der Waals surface area (Å²) in [4.78, 5) is -0.178. The summed E-state index contributed by atoms with van der Waals surface area (Å²) in [6.07, 6.45) is 7.85. The number of hydrogen-bond acceptors (Lipinski definition) is 4. The average Bonchev–Trinajstić information content (AvgIpc) is 2.80. The van der Waals surface area contributed by atoms with E-state index in [1.54, 1.807) is 12.1 Å². The van der Waals surface area contributed by atoms with Crippen molar-refractivity contribution in [2.45, 2.75) is 57.3 Å². The van der Waals surface area contributed by atoms with Crippen molar-refractivity contribution in [1.29, 1.82) is 0 Å². The number of ether oxygens (including phenoxy) is 1. The van der Waals surface area contributed by atoms with E-state index in [4.69, 9.17) is 4.74 Å². The van der Waals surface area contributed by atoms with E-state index in [-0.39, 0.29) is 26.1 Å². The number of unbranched alkanes of at least 4 members (excludes halogenated alkanes) is 5. The van der Waals surface area contributed by atoms with E-state index < -0.39 is 10.1 Å². The van der Waals surface area contributed by atoms with Crippen molar-refractivity contribution < 1.29 is 38.9 Å². The zero-order chi connectivity index (χ0) is 23.9. The van der Waals surface area contributed by atoms with Gasteiger partial charge in [-0.1, -0.05) is 87.1 Å². The third kappa shape index (κ3) is 11.2. The summed E-state index contributed by atoms with van der Waals surface area (Å²) in [6.45, 7) is 4.93. The molecule has 0 aliphatic carbocycles. The molecule has 33 heavy (non-hydrogen) atoms. The number of rotatable bonds is 11. The lowest BCUT2D eigenvalue weighted by Gasteiger charge is -2.06. The van der Waals surface area contributed by atoms with E-state index in [2.05, 4.69) is 61.5 Å². The topological polar surface area (TPSA) is 66.4 Å². The van der Waals surface area contributed by atoms with Crippen LogP contribution in [0.2, 0.25) is 0 Å². The van der Waals surface area contributed by atoms with Crippen molar-refractivity contribution in [3.8, 4) is 5.75 Å². The van der Waals surface area contributed by atoms with Crippen LogP contribution in [0.25, 0.3) is 0 Å². The standard InChI is InChI=1S/C20H26IO.C7H8O3S/c1-2-3-4-5-6-12-17-22-20-16-11-10-15-19(20)21-18-13-8-7-9-14-18;1-6-2-4-7(5-3-6)11(8,9)10/h7-11,13-16H,2-6,12,17H2,1H3;2-5H,1H3,(H,8,9,10)/q+1;/p-1. The van der Waals surface area contributed by atoms with Gasteiger partial charge in [-0.05, 0) is 49.7 Å². The van der Waals surface area contributed by atoms with Crippen LogP contribution in [-0.2, 0) is 10.1 Å². The summed E-state index contributed by atoms with van der Waals surface area (Å²) in [6, 6.07) is 25.1. The minimum Gasteiger partial charge on any atom is -0.744 e. The lowest BCUT2D eigenvalue weighted by molar-refractivity contribution is -0.598. The molecule has 0 radical (unpaired) electrons. The fourth-order valence-corrected chi connectivity index (χ4v) is 5.91. The second-order valence-corrected chi connectivity index (χ2v) is 12.0. The van der Waals surface area contributed by atoms with E-state index >= 15 is 0 Å². The van der Waals surface area contributed by atoms with E-state index in [9.17, 15) is 13.0 Å². The summed E-state index contributed by atoms with van der Waals surface area (Å²) in [7, 11) is -4.27. The minimum atomic E-state index is -4.27. The van der Waals surface area contributed by atoms with Gasteiger partial charge in [-0.2, -0.15) is 0 Å². The Morgan fingerprint density at radius 3 is 2.06 bits per heavy atom. The summed E-state index contributed by atoms with van der Waals surface area (Å²) >= 11 is -0.152. The van der Waals surface area contributed by atoms with Gasteiger partial charge in [0.2, 0.25) is 3.57 Å². The van der Waals surface area contributed by atoms with Crippen LogP contribution in [0.15, 0.2) is 83.8 Å². The monoisotopic (exact) mass is 580 g/mol. The van der Waals surface area contributed by atoms with Crippen LogP contribution >= 0.6 is 0 Å². The van der Waals surface area contributed by atoms with Crippen LogP contribution in [0.5, 0.6) is 5.75 Å². The van der Waals surface area contributed by atoms with E-state index in [1.165, 1.54) is 57.8 Å². The molecule has 0 saturated carbocycles. The Bertz CT molecular complexity index is 1040. The van der Waals surface area contributed by atoms with Crippen LogP contribution < -0.4 is 25.9 Å². The maximum atomic E-state index is 10.4. The first-order chi connectivity index (χ1) is 15.9. The number of hydrogen-bond donors (Lipinski definition) is 0. The van der Waals surface area contributed by atoms with Crippen molar-refractivity contribution in [1.82, 2.24) is 0 Å². The van der Waals surface area contributed by atoms with E-state index in [0.29, 0.717) is 0 Å². The zero-order valence-corrected chi connectivity index (χ0v) is 22.3. The predicted octanol–water partition coefficient (Wildman–Crippen LogP) is 3.45. The first-order valence-electron chi connectivity index (χ1n) is 11.3. The molecule has 0 aromatic heterocycles. The van der Waals surface area contributed by atoms with Crippen LogP contribution in [0.3, 0.4) is 0 Å². The fourth-order valence-electron chi connectivity index (χ4n) is 3.00.